The molecule has 3 rings (SSSR count). The van der Waals surface area contributed by atoms with Gasteiger partial charge in [-0.3, -0.25) is 14.6 Å². The van der Waals surface area contributed by atoms with E-state index in [1.54, 1.807) is 30.4 Å². The Bertz CT molecular complexity index is 713. The van der Waals surface area contributed by atoms with Gasteiger partial charge in [-0.05, 0) is 41.8 Å². The first-order chi connectivity index (χ1) is 10.6. The van der Waals surface area contributed by atoms with Crippen molar-refractivity contribution >= 4 is 17.5 Å². The summed E-state index contributed by atoms with van der Waals surface area (Å²) in [5.41, 5.74) is 3.50. The molecule has 1 aliphatic heterocycles. The van der Waals surface area contributed by atoms with E-state index in [0.29, 0.717) is 24.9 Å². The Morgan fingerprint density at radius 3 is 2.95 bits per heavy atom. The number of nitrogens with zero attached hydrogens (tertiary/aromatic N) is 2. The van der Waals surface area contributed by atoms with Gasteiger partial charge in [0.05, 0.1) is 0 Å². The lowest BCUT2D eigenvalue weighted by molar-refractivity contribution is -0.118. The first-order valence-corrected chi connectivity index (χ1v) is 7.22. The zero-order valence-electron chi connectivity index (χ0n) is 12.4. The number of hydrogen-bond donors (Lipinski definition) is 1. The first kappa shape index (κ1) is 14.3. The zero-order chi connectivity index (χ0) is 15.5. The molecule has 0 saturated heterocycles. The second-order valence-electron chi connectivity index (χ2n) is 5.34. The van der Waals surface area contributed by atoms with Crippen LogP contribution >= 0.6 is 0 Å². The molecule has 0 saturated carbocycles. The highest BCUT2D eigenvalue weighted by Gasteiger charge is 2.21. The maximum absolute atomic E-state index is 12.2. The SMILES string of the molecule is CN1C(=O)CCc2cc(C(=O)NCc3cccnc3)ccc21. The van der Waals surface area contributed by atoms with E-state index >= 15 is 0 Å². The Labute approximate surface area is 129 Å². The molecule has 0 spiro atoms. The van der Waals surface area contributed by atoms with Crippen LogP contribution in [0.25, 0.3) is 0 Å². The minimum atomic E-state index is -0.119. The number of aryl methyl sites for hydroxylation is 1. The third-order valence-electron chi connectivity index (χ3n) is 3.86. The lowest BCUT2D eigenvalue weighted by atomic mass is 9.99. The van der Waals surface area contributed by atoms with E-state index < -0.39 is 0 Å². The summed E-state index contributed by atoms with van der Waals surface area (Å²) in [6.07, 6.45) is 4.60. The minimum absolute atomic E-state index is 0.112. The van der Waals surface area contributed by atoms with Crippen LogP contribution in [0.15, 0.2) is 42.7 Å². The number of amides is 2. The van der Waals surface area contributed by atoms with E-state index in [1.807, 2.05) is 24.3 Å². The van der Waals surface area contributed by atoms with Gasteiger partial charge in [0.1, 0.15) is 0 Å². The molecule has 0 atom stereocenters. The van der Waals surface area contributed by atoms with E-state index in [2.05, 4.69) is 10.3 Å². The van der Waals surface area contributed by atoms with Gasteiger partial charge in [0.25, 0.3) is 5.91 Å². The first-order valence-electron chi connectivity index (χ1n) is 7.22. The number of hydrogen-bond acceptors (Lipinski definition) is 3. The van der Waals surface area contributed by atoms with Crippen LogP contribution in [0.5, 0.6) is 0 Å². The monoisotopic (exact) mass is 295 g/mol. The number of anilines is 1. The van der Waals surface area contributed by atoms with E-state index in [4.69, 9.17) is 0 Å². The van der Waals surface area contributed by atoms with Gasteiger partial charge in [0.2, 0.25) is 5.91 Å². The van der Waals surface area contributed by atoms with Crippen LogP contribution in [-0.4, -0.2) is 23.8 Å². The zero-order valence-corrected chi connectivity index (χ0v) is 12.4. The molecule has 0 aliphatic carbocycles. The Morgan fingerprint density at radius 2 is 2.18 bits per heavy atom. The van der Waals surface area contributed by atoms with Gasteiger partial charge >= 0.3 is 0 Å². The van der Waals surface area contributed by atoms with Gasteiger partial charge in [-0.15, -0.1) is 0 Å². The van der Waals surface area contributed by atoms with Crippen LogP contribution in [-0.2, 0) is 17.8 Å². The second kappa shape index (κ2) is 5.97. The van der Waals surface area contributed by atoms with Crippen molar-refractivity contribution in [2.45, 2.75) is 19.4 Å². The Morgan fingerprint density at radius 1 is 1.32 bits per heavy atom. The van der Waals surface area contributed by atoms with Gasteiger partial charge in [-0.2, -0.15) is 0 Å². The van der Waals surface area contributed by atoms with Crippen molar-refractivity contribution in [2.24, 2.45) is 0 Å². The average Bonchev–Trinajstić information content (AvgIpc) is 2.56. The lowest BCUT2D eigenvalue weighted by Crippen LogP contribution is -2.31. The summed E-state index contributed by atoms with van der Waals surface area (Å²) >= 11 is 0. The fourth-order valence-corrected chi connectivity index (χ4v) is 2.58. The molecule has 5 heteroatoms. The van der Waals surface area contributed by atoms with Crippen LogP contribution in [0.1, 0.15) is 27.9 Å². The van der Waals surface area contributed by atoms with Gasteiger partial charge in [0, 0.05) is 43.7 Å². The molecule has 2 heterocycles. The number of carbonyl (C=O) groups excluding carboxylic acids is 2. The molecular formula is C17H17N3O2. The number of fused-ring (bicyclic) bond motifs is 1. The van der Waals surface area contributed by atoms with E-state index in [1.165, 1.54) is 0 Å². The van der Waals surface area contributed by atoms with E-state index in [-0.39, 0.29) is 11.8 Å². The number of benzene rings is 1. The highest BCUT2D eigenvalue weighted by molar-refractivity contribution is 5.98. The highest BCUT2D eigenvalue weighted by Crippen LogP contribution is 2.27. The third kappa shape index (κ3) is 2.83. The van der Waals surface area contributed by atoms with Crippen LogP contribution < -0.4 is 10.2 Å². The highest BCUT2D eigenvalue weighted by atomic mass is 16.2. The molecule has 1 aliphatic rings. The summed E-state index contributed by atoms with van der Waals surface area (Å²) in [5.74, 6) is -0.00696. The van der Waals surface area contributed by atoms with E-state index in [9.17, 15) is 9.59 Å². The summed E-state index contributed by atoms with van der Waals surface area (Å²) < 4.78 is 0. The topological polar surface area (TPSA) is 62.3 Å². The number of rotatable bonds is 3. The van der Waals surface area contributed by atoms with Crippen LogP contribution in [0, 0.1) is 0 Å². The fourth-order valence-electron chi connectivity index (χ4n) is 2.58. The molecule has 1 aromatic heterocycles. The Hall–Kier alpha value is -2.69. The van der Waals surface area contributed by atoms with Crippen LogP contribution in [0.4, 0.5) is 5.69 Å². The summed E-state index contributed by atoms with van der Waals surface area (Å²) in [4.78, 5) is 29.6. The van der Waals surface area contributed by atoms with Crippen molar-refractivity contribution in [1.29, 1.82) is 0 Å². The third-order valence-corrected chi connectivity index (χ3v) is 3.86. The summed E-state index contributed by atoms with van der Waals surface area (Å²) in [7, 11) is 1.77. The molecule has 1 aromatic carbocycles. The van der Waals surface area contributed by atoms with Gasteiger partial charge in [-0.1, -0.05) is 6.07 Å². The lowest BCUT2D eigenvalue weighted by Gasteiger charge is -2.26. The van der Waals surface area contributed by atoms with Crippen molar-refractivity contribution in [3.8, 4) is 0 Å². The molecule has 1 N–H and O–H groups in total. The molecule has 0 radical (unpaired) electrons. The summed E-state index contributed by atoms with van der Waals surface area (Å²) in [6.45, 7) is 0.447. The molecule has 2 aromatic rings. The number of pyridine rings is 1. The molecule has 2 amide bonds. The normalized spacial score (nSPS) is 13.7. The maximum atomic E-state index is 12.2. The van der Waals surface area contributed by atoms with Crippen molar-refractivity contribution in [2.75, 3.05) is 11.9 Å². The molecule has 5 nitrogen and oxygen atoms in total. The van der Waals surface area contributed by atoms with Gasteiger partial charge in [0.15, 0.2) is 0 Å². The minimum Gasteiger partial charge on any atom is -0.348 e. The Balaban J connectivity index is 1.73. The number of aromatic nitrogens is 1. The molecule has 0 bridgehead atoms. The van der Waals surface area contributed by atoms with Gasteiger partial charge in [-0.25, -0.2) is 0 Å². The van der Waals surface area contributed by atoms with Crippen molar-refractivity contribution in [3.05, 3.63) is 59.4 Å². The van der Waals surface area contributed by atoms with Crippen LogP contribution in [0.3, 0.4) is 0 Å². The standard InChI is InChI=1S/C17H17N3O2/c1-20-15-6-4-14(9-13(15)5-7-16(20)21)17(22)19-11-12-3-2-8-18-10-12/h2-4,6,8-10H,5,7,11H2,1H3,(H,19,22). The number of nitrogens with one attached hydrogen (secondary N) is 1. The molecule has 0 fully saturated rings. The van der Waals surface area contributed by atoms with E-state index in [0.717, 1.165) is 16.8 Å². The summed E-state index contributed by atoms with van der Waals surface area (Å²) in [5, 5.41) is 2.88. The second-order valence-corrected chi connectivity index (χ2v) is 5.34. The van der Waals surface area contributed by atoms with Crippen LogP contribution in [0.2, 0.25) is 0 Å². The van der Waals surface area contributed by atoms with Crippen molar-refractivity contribution in [1.82, 2.24) is 10.3 Å². The smallest absolute Gasteiger partial charge is 0.251 e. The predicted molar refractivity (Wildman–Crippen MR) is 83.6 cm³/mol. The largest absolute Gasteiger partial charge is 0.348 e. The molecule has 112 valence electrons. The quantitative estimate of drug-likeness (QED) is 0.941. The fraction of sp³-hybridized carbons (Fsp3) is 0.235. The predicted octanol–water partition coefficient (Wildman–Crippen LogP) is 1.92. The summed E-state index contributed by atoms with van der Waals surface area (Å²) in [6, 6.07) is 9.22. The molecule has 22 heavy (non-hydrogen) atoms. The molecular weight excluding hydrogens is 278 g/mol. The number of carbonyl (C=O) groups is 2. The Kier molecular flexibility index (Phi) is 3.87. The maximum Gasteiger partial charge on any atom is 0.251 e. The van der Waals surface area contributed by atoms with Crippen molar-refractivity contribution < 1.29 is 9.59 Å². The average molecular weight is 295 g/mol. The van der Waals surface area contributed by atoms with Gasteiger partial charge < -0.3 is 10.2 Å². The van der Waals surface area contributed by atoms with Crippen molar-refractivity contribution in [3.63, 3.8) is 0 Å². The molecule has 0 unspecified atom stereocenters.